The number of hydrogen-bond donors (Lipinski definition) is 1. The average molecular weight is 252 g/mol. The average Bonchev–Trinajstić information content (AvgIpc) is 2.77. The van der Waals surface area contributed by atoms with Crippen LogP contribution in [0.25, 0.3) is 0 Å². The van der Waals surface area contributed by atoms with Crippen molar-refractivity contribution in [3.05, 3.63) is 12.3 Å². The van der Waals surface area contributed by atoms with Gasteiger partial charge >= 0.3 is 5.97 Å². The fourth-order valence-electron chi connectivity index (χ4n) is 2.29. The predicted octanol–water partition coefficient (Wildman–Crippen LogP) is 0.665. The molecule has 1 fully saturated rings. The third-order valence-electron chi connectivity index (χ3n) is 3.22. The number of esters is 1. The molecule has 6 heteroatoms. The molecule has 0 aromatic carbocycles. The fourth-order valence-corrected chi connectivity index (χ4v) is 2.29. The van der Waals surface area contributed by atoms with Gasteiger partial charge in [0.05, 0.1) is 19.2 Å². The van der Waals surface area contributed by atoms with Crippen LogP contribution in [0.3, 0.4) is 0 Å². The van der Waals surface area contributed by atoms with E-state index in [1.165, 1.54) is 0 Å². The van der Waals surface area contributed by atoms with Crippen LogP contribution in [0.5, 0.6) is 0 Å². The number of nitrogens with two attached hydrogens (primary N) is 1. The molecule has 1 aromatic rings. The van der Waals surface area contributed by atoms with Crippen LogP contribution in [-0.2, 0) is 9.53 Å². The van der Waals surface area contributed by atoms with Crippen molar-refractivity contribution in [2.45, 2.75) is 25.8 Å². The second-order valence-corrected chi connectivity index (χ2v) is 4.53. The highest BCUT2D eigenvalue weighted by Crippen LogP contribution is 2.22. The van der Waals surface area contributed by atoms with E-state index in [1.54, 1.807) is 0 Å². The Bertz CT molecular complexity index is 397. The molecule has 1 aliphatic rings. The summed E-state index contributed by atoms with van der Waals surface area (Å²) in [6.07, 6.45) is 3.89. The van der Waals surface area contributed by atoms with E-state index < -0.39 is 0 Å². The lowest BCUT2D eigenvalue weighted by molar-refractivity contribution is -0.144. The van der Waals surface area contributed by atoms with Crippen LogP contribution in [0.2, 0.25) is 0 Å². The SMILES string of the molecule is CCOC(=O)CN1CCC(n2ccc(N)n2)CC1. The molecule has 0 bridgehead atoms. The van der Waals surface area contributed by atoms with Crippen molar-refractivity contribution in [2.24, 2.45) is 0 Å². The molecule has 2 heterocycles. The van der Waals surface area contributed by atoms with E-state index in [0.29, 0.717) is 25.0 Å². The molecular formula is C12H20N4O2. The zero-order valence-electron chi connectivity index (χ0n) is 10.7. The molecule has 0 radical (unpaired) electrons. The minimum absolute atomic E-state index is 0.140. The first kappa shape index (κ1) is 12.9. The molecule has 0 unspecified atom stereocenters. The summed E-state index contributed by atoms with van der Waals surface area (Å²) in [7, 11) is 0. The zero-order chi connectivity index (χ0) is 13.0. The Morgan fingerprint density at radius 3 is 2.83 bits per heavy atom. The normalized spacial score (nSPS) is 17.8. The molecular weight excluding hydrogens is 232 g/mol. The van der Waals surface area contributed by atoms with E-state index in [2.05, 4.69) is 10.00 Å². The van der Waals surface area contributed by atoms with Gasteiger partial charge in [-0.05, 0) is 25.8 Å². The van der Waals surface area contributed by atoms with E-state index >= 15 is 0 Å². The number of nitrogen functional groups attached to an aromatic ring is 1. The highest BCUT2D eigenvalue weighted by atomic mass is 16.5. The highest BCUT2D eigenvalue weighted by Gasteiger charge is 2.22. The Morgan fingerprint density at radius 2 is 2.28 bits per heavy atom. The molecule has 6 nitrogen and oxygen atoms in total. The van der Waals surface area contributed by atoms with Gasteiger partial charge in [-0.1, -0.05) is 0 Å². The van der Waals surface area contributed by atoms with E-state index in [9.17, 15) is 4.79 Å². The van der Waals surface area contributed by atoms with Crippen LogP contribution >= 0.6 is 0 Å². The molecule has 100 valence electrons. The number of anilines is 1. The van der Waals surface area contributed by atoms with Gasteiger partial charge in [-0.2, -0.15) is 5.10 Å². The molecule has 0 aliphatic carbocycles. The first-order valence-electron chi connectivity index (χ1n) is 6.37. The van der Waals surface area contributed by atoms with Crippen LogP contribution in [0.15, 0.2) is 12.3 Å². The topological polar surface area (TPSA) is 73.4 Å². The molecule has 1 saturated heterocycles. The molecule has 1 aromatic heterocycles. The number of likely N-dealkylation sites (tertiary alicyclic amines) is 1. The van der Waals surface area contributed by atoms with Crippen LogP contribution in [0, 0.1) is 0 Å². The van der Waals surface area contributed by atoms with E-state index in [1.807, 2.05) is 23.9 Å². The lowest BCUT2D eigenvalue weighted by atomic mass is 10.1. The molecule has 2 rings (SSSR count). The largest absolute Gasteiger partial charge is 0.465 e. The van der Waals surface area contributed by atoms with Crippen molar-refractivity contribution in [1.82, 2.24) is 14.7 Å². The number of ether oxygens (including phenoxy) is 1. The molecule has 0 atom stereocenters. The summed E-state index contributed by atoms with van der Waals surface area (Å²) in [4.78, 5) is 13.5. The maximum atomic E-state index is 11.4. The number of carbonyl (C=O) groups is 1. The van der Waals surface area contributed by atoms with Gasteiger partial charge in [-0.3, -0.25) is 14.4 Å². The van der Waals surface area contributed by atoms with Gasteiger partial charge in [-0.25, -0.2) is 0 Å². The second-order valence-electron chi connectivity index (χ2n) is 4.53. The van der Waals surface area contributed by atoms with Gasteiger partial charge in [-0.15, -0.1) is 0 Å². The third kappa shape index (κ3) is 3.22. The van der Waals surface area contributed by atoms with Crippen molar-refractivity contribution in [1.29, 1.82) is 0 Å². The molecule has 0 saturated carbocycles. The van der Waals surface area contributed by atoms with Crippen LogP contribution in [0.4, 0.5) is 5.82 Å². The van der Waals surface area contributed by atoms with Gasteiger partial charge in [0, 0.05) is 19.3 Å². The summed E-state index contributed by atoms with van der Waals surface area (Å²) in [5.41, 5.74) is 5.61. The number of carbonyl (C=O) groups excluding carboxylic acids is 1. The predicted molar refractivity (Wildman–Crippen MR) is 68.0 cm³/mol. The molecule has 0 spiro atoms. The lowest BCUT2D eigenvalue weighted by Gasteiger charge is -2.31. The van der Waals surface area contributed by atoms with E-state index in [4.69, 9.17) is 10.5 Å². The van der Waals surface area contributed by atoms with Crippen molar-refractivity contribution in [3.63, 3.8) is 0 Å². The number of rotatable bonds is 4. The van der Waals surface area contributed by atoms with Crippen LogP contribution in [0.1, 0.15) is 25.8 Å². The van der Waals surface area contributed by atoms with E-state index in [-0.39, 0.29) is 5.97 Å². The fraction of sp³-hybridized carbons (Fsp3) is 0.667. The summed E-state index contributed by atoms with van der Waals surface area (Å²) in [6, 6.07) is 2.20. The quantitative estimate of drug-likeness (QED) is 0.797. The summed E-state index contributed by atoms with van der Waals surface area (Å²) >= 11 is 0. The Labute approximate surface area is 107 Å². The van der Waals surface area contributed by atoms with Gasteiger partial charge in [0.1, 0.15) is 5.82 Å². The second kappa shape index (κ2) is 5.86. The van der Waals surface area contributed by atoms with Crippen molar-refractivity contribution in [3.8, 4) is 0 Å². The molecule has 18 heavy (non-hydrogen) atoms. The summed E-state index contributed by atoms with van der Waals surface area (Å²) in [5.74, 6) is 0.420. The van der Waals surface area contributed by atoms with E-state index in [0.717, 1.165) is 25.9 Å². The first-order chi connectivity index (χ1) is 8.69. The Morgan fingerprint density at radius 1 is 1.56 bits per heavy atom. The molecule has 1 aliphatic heterocycles. The number of piperidine rings is 1. The van der Waals surface area contributed by atoms with Crippen molar-refractivity contribution in [2.75, 3.05) is 32.0 Å². The zero-order valence-corrected chi connectivity index (χ0v) is 10.7. The van der Waals surface area contributed by atoms with Crippen molar-refractivity contribution >= 4 is 11.8 Å². The van der Waals surface area contributed by atoms with Gasteiger partial charge < -0.3 is 10.5 Å². The Kier molecular flexibility index (Phi) is 4.19. The summed E-state index contributed by atoms with van der Waals surface area (Å²) in [6.45, 7) is 4.45. The van der Waals surface area contributed by atoms with Gasteiger partial charge in [0.25, 0.3) is 0 Å². The first-order valence-corrected chi connectivity index (χ1v) is 6.37. The number of aromatic nitrogens is 2. The number of nitrogens with zero attached hydrogens (tertiary/aromatic N) is 3. The van der Waals surface area contributed by atoms with Gasteiger partial charge in [0.2, 0.25) is 0 Å². The molecule has 2 N–H and O–H groups in total. The summed E-state index contributed by atoms with van der Waals surface area (Å²) < 4.78 is 6.87. The third-order valence-corrected chi connectivity index (χ3v) is 3.22. The maximum absolute atomic E-state index is 11.4. The summed E-state index contributed by atoms with van der Waals surface area (Å²) in [5, 5.41) is 4.23. The minimum atomic E-state index is -0.140. The monoisotopic (exact) mass is 252 g/mol. The van der Waals surface area contributed by atoms with Crippen molar-refractivity contribution < 1.29 is 9.53 Å². The standard InChI is InChI=1S/C12H20N4O2/c1-2-18-12(17)9-15-6-3-10(4-7-15)16-8-5-11(13)14-16/h5,8,10H,2-4,6-7,9H2,1H3,(H2,13,14). The minimum Gasteiger partial charge on any atom is -0.465 e. The Hall–Kier alpha value is -1.56. The smallest absolute Gasteiger partial charge is 0.320 e. The number of hydrogen-bond acceptors (Lipinski definition) is 5. The lowest BCUT2D eigenvalue weighted by Crippen LogP contribution is -2.38. The van der Waals surface area contributed by atoms with Gasteiger partial charge in [0.15, 0.2) is 0 Å². The maximum Gasteiger partial charge on any atom is 0.320 e. The highest BCUT2D eigenvalue weighted by molar-refractivity contribution is 5.71. The Balaban J connectivity index is 1.79. The van der Waals surface area contributed by atoms with Crippen LogP contribution < -0.4 is 5.73 Å². The van der Waals surface area contributed by atoms with Crippen LogP contribution in [-0.4, -0.2) is 46.9 Å². The molecule has 0 amide bonds.